The number of likely N-dealkylation sites (N-methyl/N-ethyl adjacent to an activating group) is 1. The Hall–Kier alpha value is -0.870. The number of carbonyl (C=O) groups excluding carboxylic acids is 1. The Bertz CT molecular complexity index is 338. The maximum absolute atomic E-state index is 11.0. The number of carbonyl (C=O) groups is 1. The third-order valence-corrected chi connectivity index (χ3v) is 3.90. The molecule has 1 aliphatic carbocycles. The van der Waals surface area contributed by atoms with Gasteiger partial charge in [0, 0.05) is 23.3 Å². The molecule has 1 aromatic rings. The molecular formula is C11H16N2OS. The van der Waals surface area contributed by atoms with Crippen molar-refractivity contribution in [3.8, 4) is 0 Å². The fourth-order valence-corrected chi connectivity index (χ4v) is 3.10. The summed E-state index contributed by atoms with van der Waals surface area (Å²) in [5, 5.41) is 5.73. The summed E-state index contributed by atoms with van der Waals surface area (Å²) in [4.78, 5) is 13.9. The second-order valence-electron chi connectivity index (χ2n) is 3.79. The molecule has 1 amide bonds. The molecule has 82 valence electrons. The Morgan fingerprint density at radius 3 is 3.13 bits per heavy atom. The van der Waals surface area contributed by atoms with Gasteiger partial charge in [-0.1, -0.05) is 0 Å². The lowest BCUT2D eigenvalue weighted by molar-refractivity contribution is -0.119. The van der Waals surface area contributed by atoms with Crippen molar-refractivity contribution in [3.05, 3.63) is 21.4 Å². The first-order valence-electron chi connectivity index (χ1n) is 5.31. The molecule has 0 aliphatic heterocycles. The van der Waals surface area contributed by atoms with Crippen LogP contribution in [0.4, 0.5) is 0 Å². The highest BCUT2D eigenvalue weighted by atomic mass is 32.1. The van der Waals surface area contributed by atoms with Gasteiger partial charge in [-0.3, -0.25) is 4.79 Å². The van der Waals surface area contributed by atoms with Gasteiger partial charge in [0.25, 0.3) is 0 Å². The van der Waals surface area contributed by atoms with E-state index in [1.807, 2.05) is 11.3 Å². The summed E-state index contributed by atoms with van der Waals surface area (Å²) in [6.45, 7) is 1.21. The van der Waals surface area contributed by atoms with E-state index in [2.05, 4.69) is 16.7 Å². The van der Waals surface area contributed by atoms with E-state index in [1.54, 1.807) is 11.9 Å². The Balaban J connectivity index is 1.81. The van der Waals surface area contributed by atoms with Crippen molar-refractivity contribution in [1.29, 1.82) is 0 Å². The Kier molecular flexibility index (Phi) is 3.38. The van der Waals surface area contributed by atoms with E-state index in [9.17, 15) is 4.79 Å². The maximum Gasteiger partial charge on any atom is 0.233 e. The predicted molar refractivity (Wildman–Crippen MR) is 62.1 cm³/mol. The molecule has 0 aromatic carbocycles. The minimum atomic E-state index is 0.0408. The minimum absolute atomic E-state index is 0.0408. The lowest BCUT2D eigenvalue weighted by atomic mass is 10.2. The van der Waals surface area contributed by atoms with Gasteiger partial charge in [-0.2, -0.15) is 0 Å². The lowest BCUT2D eigenvalue weighted by Crippen LogP contribution is -2.30. The fourth-order valence-electron chi connectivity index (χ4n) is 1.87. The summed E-state index contributed by atoms with van der Waals surface area (Å²) in [5.74, 6) is 0.0408. The summed E-state index contributed by atoms with van der Waals surface area (Å²) in [7, 11) is 1.66. The van der Waals surface area contributed by atoms with E-state index in [-0.39, 0.29) is 5.91 Å². The van der Waals surface area contributed by atoms with Gasteiger partial charge in [-0.25, -0.2) is 0 Å². The number of hydrogen-bond donors (Lipinski definition) is 2. The van der Waals surface area contributed by atoms with E-state index < -0.39 is 0 Å². The van der Waals surface area contributed by atoms with Gasteiger partial charge < -0.3 is 10.6 Å². The van der Waals surface area contributed by atoms with Crippen molar-refractivity contribution >= 4 is 17.2 Å². The molecule has 2 rings (SSSR count). The van der Waals surface area contributed by atoms with Crippen LogP contribution in [0, 0.1) is 0 Å². The van der Waals surface area contributed by atoms with Crippen LogP contribution in [0.3, 0.4) is 0 Å². The van der Waals surface area contributed by atoms with Crippen LogP contribution in [0.25, 0.3) is 0 Å². The van der Waals surface area contributed by atoms with Crippen LogP contribution in [-0.4, -0.2) is 19.5 Å². The molecule has 0 bridgehead atoms. The number of aryl methyl sites for hydroxylation is 2. The van der Waals surface area contributed by atoms with Crippen LogP contribution in [-0.2, 0) is 24.2 Å². The monoisotopic (exact) mass is 224 g/mol. The Labute approximate surface area is 93.9 Å². The van der Waals surface area contributed by atoms with Crippen molar-refractivity contribution in [2.75, 3.05) is 13.6 Å². The first-order valence-corrected chi connectivity index (χ1v) is 6.13. The lowest BCUT2D eigenvalue weighted by Gasteiger charge is -2.01. The van der Waals surface area contributed by atoms with Gasteiger partial charge >= 0.3 is 0 Å². The van der Waals surface area contributed by atoms with E-state index in [0.29, 0.717) is 6.54 Å². The van der Waals surface area contributed by atoms with Crippen LogP contribution in [0.1, 0.15) is 21.7 Å². The summed E-state index contributed by atoms with van der Waals surface area (Å²) in [5.41, 5.74) is 1.52. The van der Waals surface area contributed by atoms with Crippen LogP contribution < -0.4 is 10.6 Å². The molecule has 1 heterocycles. The smallest absolute Gasteiger partial charge is 0.233 e. The summed E-state index contributed by atoms with van der Waals surface area (Å²) in [6, 6.07) is 2.28. The molecule has 0 spiro atoms. The van der Waals surface area contributed by atoms with E-state index in [4.69, 9.17) is 0 Å². The molecule has 0 atom stereocenters. The standard InChI is InChI=1S/C11H16N2OS/c1-12-11(14)7-13-6-9-5-8-3-2-4-10(8)15-9/h5,13H,2-4,6-7H2,1H3,(H,12,14). The highest BCUT2D eigenvalue weighted by molar-refractivity contribution is 7.12. The average Bonchev–Trinajstić information content (AvgIpc) is 2.77. The number of nitrogens with one attached hydrogen (secondary N) is 2. The van der Waals surface area contributed by atoms with Crippen LogP contribution >= 0.6 is 11.3 Å². The van der Waals surface area contributed by atoms with Gasteiger partial charge in [-0.15, -0.1) is 11.3 Å². The highest BCUT2D eigenvalue weighted by Crippen LogP contribution is 2.30. The minimum Gasteiger partial charge on any atom is -0.358 e. The fraction of sp³-hybridized carbons (Fsp3) is 0.545. The predicted octanol–water partition coefficient (Wildman–Crippen LogP) is 1.07. The zero-order valence-electron chi connectivity index (χ0n) is 8.93. The number of thiophene rings is 1. The van der Waals surface area contributed by atoms with Gasteiger partial charge in [0.05, 0.1) is 6.54 Å². The molecule has 1 aliphatic rings. The van der Waals surface area contributed by atoms with Crippen molar-refractivity contribution in [3.63, 3.8) is 0 Å². The van der Waals surface area contributed by atoms with Crippen molar-refractivity contribution in [2.45, 2.75) is 25.8 Å². The second-order valence-corrected chi connectivity index (χ2v) is 5.01. The van der Waals surface area contributed by atoms with Crippen LogP contribution in [0.15, 0.2) is 6.07 Å². The van der Waals surface area contributed by atoms with Crippen molar-refractivity contribution < 1.29 is 4.79 Å². The summed E-state index contributed by atoms with van der Waals surface area (Å²) >= 11 is 1.89. The number of fused-ring (bicyclic) bond motifs is 1. The second kappa shape index (κ2) is 4.77. The molecular weight excluding hydrogens is 208 g/mol. The molecule has 4 heteroatoms. The summed E-state index contributed by atoms with van der Waals surface area (Å²) in [6.07, 6.45) is 3.80. The van der Waals surface area contributed by atoms with Crippen LogP contribution in [0.2, 0.25) is 0 Å². The molecule has 0 fully saturated rings. The SMILES string of the molecule is CNC(=O)CNCc1cc2c(s1)CCC2. The normalized spacial score (nSPS) is 13.9. The Morgan fingerprint density at radius 2 is 2.40 bits per heavy atom. The third-order valence-electron chi connectivity index (χ3n) is 2.66. The highest BCUT2D eigenvalue weighted by Gasteiger charge is 2.14. The van der Waals surface area contributed by atoms with Gasteiger partial charge in [-0.05, 0) is 30.9 Å². The number of amides is 1. The van der Waals surface area contributed by atoms with Crippen LogP contribution in [0.5, 0.6) is 0 Å². The third kappa shape index (κ3) is 2.58. The molecule has 15 heavy (non-hydrogen) atoms. The molecule has 0 saturated carbocycles. The zero-order valence-corrected chi connectivity index (χ0v) is 9.75. The quantitative estimate of drug-likeness (QED) is 0.803. The van der Waals surface area contributed by atoms with E-state index in [0.717, 1.165) is 6.54 Å². The Morgan fingerprint density at radius 1 is 1.53 bits per heavy atom. The average molecular weight is 224 g/mol. The largest absolute Gasteiger partial charge is 0.358 e. The number of rotatable bonds is 4. The summed E-state index contributed by atoms with van der Waals surface area (Å²) < 4.78 is 0. The van der Waals surface area contributed by atoms with E-state index in [1.165, 1.54) is 29.7 Å². The van der Waals surface area contributed by atoms with Crippen molar-refractivity contribution in [2.24, 2.45) is 0 Å². The molecule has 3 nitrogen and oxygen atoms in total. The van der Waals surface area contributed by atoms with Gasteiger partial charge in [0.1, 0.15) is 0 Å². The molecule has 0 unspecified atom stereocenters. The first-order chi connectivity index (χ1) is 7.29. The molecule has 1 aromatic heterocycles. The maximum atomic E-state index is 11.0. The molecule has 0 saturated heterocycles. The number of hydrogen-bond acceptors (Lipinski definition) is 3. The first kappa shape index (κ1) is 10.6. The molecule has 2 N–H and O–H groups in total. The molecule has 0 radical (unpaired) electrons. The van der Waals surface area contributed by atoms with Gasteiger partial charge in [0.15, 0.2) is 0 Å². The topological polar surface area (TPSA) is 41.1 Å². The van der Waals surface area contributed by atoms with E-state index >= 15 is 0 Å². The zero-order chi connectivity index (χ0) is 10.7. The van der Waals surface area contributed by atoms with Gasteiger partial charge in [0.2, 0.25) is 5.91 Å². The van der Waals surface area contributed by atoms with Crippen molar-refractivity contribution in [1.82, 2.24) is 10.6 Å².